The van der Waals surface area contributed by atoms with Gasteiger partial charge in [-0.25, -0.2) is 4.98 Å². The molecular formula is C16H10Br2F3N3O. The molecule has 0 amide bonds. The number of hydrazone groups is 1. The summed E-state index contributed by atoms with van der Waals surface area (Å²) in [4.78, 5) is 3.66. The molecule has 1 aromatic carbocycles. The van der Waals surface area contributed by atoms with Crippen LogP contribution in [0, 0.1) is 12.3 Å². The molecule has 0 saturated carbocycles. The fraction of sp³-hybridized carbons (Fsp3) is 0.125. The monoisotopic (exact) mass is 475 g/mol. The van der Waals surface area contributed by atoms with Crippen LogP contribution in [0.25, 0.3) is 0 Å². The molecule has 0 spiro atoms. The van der Waals surface area contributed by atoms with Crippen LogP contribution in [0.2, 0.25) is 0 Å². The van der Waals surface area contributed by atoms with Gasteiger partial charge in [-0.3, -0.25) is 5.43 Å². The lowest BCUT2D eigenvalue weighted by molar-refractivity contribution is -0.137. The largest absolute Gasteiger partial charge is 0.479 e. The summed E-state index contributed by atoms with van der Waals surface area (Å²) < 4.78 is 44.1. The fourth-order valence-electron chi connectivity index (χ4n) is 1.71. The molecule has 0 saturated heterocycles. The second-order valence-electron chi connectivity index (χ2n) is 4.61. The average Bonchev–Trinajstić information content (AvgIpc) is 2.54. The standard InChI is InChI=1S/C16H10Br2F3N3O/c1-2-5-25-15-12(17)6-10(7-13(15)18)8-23-24-14-4-3-11(9-22-14)16(19,20)21/h1,3-4,6-9H,5H2,(H,22,24)/b23-8-. The Hall–Kier alpha value is -2.05. The molecule has 0 aliphatic carbocycles. The van der Waals surface area contributed by atoms with Gasteiger partial charge in [0.1, 0.15) is 18.2 Å². The Labute approximate surface area is 158 Å². The van der Waals surface area contributed by atoms with Crippen LogP contribution in [0.5, 0.6) is 5.75 Å². The van der Waals surface area contributed by atoms with Crippen molar-refractivity contribution in [1.82, 2.24) is 4.98 Å². The Morgan fingerprint density at radius 2 is 1.96 bits per heavy atom. The lowest BCUT2D eigenvalue weighted by Gasteiger charge is -2.09. The van der Waals surface area contributed by atoms with Gasteiger partial charge in [-0.1, -0.05) is 5.92 Å². The number of aromatic nitrogens is 1. The topological polar surface area (TPSA) is 46.5 Å². The molecule has 0 fully saturated rings. The number of hydrogen-bond donors (Lipinski definition) is 1. The predicted octanol–water partition coefficient (Wildman–Crippen LogP) is 5.08. The van der Waals surface area contributed by atoms with Crippen molar-refractivity contribution in [2.24, 2.45) is 5.10 Å². The number of hydrogen-bond acceptors (Lipinski definition) is 4. The molecular weight excluding hydrogens is 467 g/mol. The van der Waals surface area contributed by atoms with Gasteiger partial charge in [0, 0.05) is 6.20 Å². The smallest absolute Gasteiger partial charge is 0.417 e. The quantitative estimate of drug-likeness (QED) is 0.371. The third kappa shape index (κ3) is 5.47. The third-order valence-corrected chi connectivity index (χ3v) is 3.98. The van der Waals surface area contributed by atoms with Gasteiger partial charge in [-0.2, -0.15) is 18.3 Å². The molecule has 1 aromatic heterocycles. The fourth-order valence-corrected chi connectivity index (χ4v) is 3.16. The van der Waals surface area contributed by atoms with Gasteiger partial charge in [0.25, 0.3) is 0 Å². The molecule has 0 aliphatic rings. The van der Waals surface area contributed by atoms with E-state index in [2.05, 4.69) is 53.3 Å². The highest BCUT2D eigenvalue weighted by atomic mass is 79.9. The second kappa shape index (κ2) is 8.36. The normalized spacial score (nSPS) is 11.4. The molecule has 0 aliphatic heterocycles. The van der Waals surface area contributed by atoms with E-state index >= 15 is 0 Å². The molecule has 0 radical (unpaired) electrons. The Bertz CT molecular complexity index is 792. The van der Waals surface area contributed by atoms with Crippen molar-refractivity contribution in [2.75, 3.05) is 12.0 Å². The first-order valence-electron chi connectivity index (χ1n) is 6.69. The number of ether oxygens (including phenoxy) is 1. The highest BCUT2D eigenvalue weighted by molar-refractivity contribution is 9.11. The summed E-state index contributed by atoms with van der Waals surface area (Å²) in [6.07, 6.45) is 2.96. The Balaban J connectivity index is 2.06. The van der Waals surface area contributed by atoms with Gasteiger partial charge in [0.15, 0.2) is 0 Å². The van der Waals surface area contributed by atoms with Crippen LogP contribution in [-0.2, 0) is 6.18 Å². The molecule has 25 heavy (non-hydrogen) atoms. The van der Waals surface area contributed by atoms with Gasteiger partial charge in [0.05, 0.1) is 20.7 Å². The molecule has 0 bridgehead atoms. The zero-order valence-corrected chi connectivity index (χ0v) is 15.6. The summed E-state index contributed by atoms with van der Waals surface area (Å²) in [6.45, 7) is 0.131. The van der Waals surface area contributed by atoms with Gasteiger partial charge < -0.3 is 4.74 Å². The summed E-state index contributed by atoms with van der Waals surface area (Å²) in [6, 6.07) is 5.63. The van der Waals surface area contributed by atoms with Crippen LogP contribution in [-0.4, -0.2) is 17.8 Å². The van der Waals surface area contributed by atoms with Crippen molar-refractivity contribution >= 4 is 43.9 Å². The SMILES string of the molecule is C#CCOc1c(Br)cc(/C=N\Nc2ccc(C(F)(F)F)cn2)cc1Br. The number of pyridine rings is 1. The number of nitrogens with zero attached hydrogens (tertiary/aromatic N) is 2. The first-order valence-corrected chi connectivity index (χ1v) is 8.27. The molecule has 130 valence electrons. The molecule has 2 rings (SSSR count). The zero-order valence-electron chi connectivity index (χ0n) is 12.4. The van der Waals surface area contributed by atoms with Crippen LogP contribution in [0.1, 0.15) is 11.1 Å². The molecule has 4 nitrogen and oxygen atoms in total. The van der Waals surface area contributed by atoms with Crippen molar-refractivity contribution < 1.29 is 17.9 Å². The lowest BCUT2D eigenvalue weighted by atomic mass is 10.2. The summed E-state index contributed by atoms with van der Waals surface area (Å²) in [5.74, 6) is 3.13. The minimum atomic E-state index is -4.42. The summed E-state index contributed by atoms with van der Waals surface area (Å²) >= 11 is 6.73. The van der Waals surface area contributed by atoms with Crippen LogP contribution in [0.3, 0.4) is 0 Å². The summed E-state index contributed by atoms with van der Waals surface area (Å²) in [5.41, 5.74) is 2.45. The molecule has 1 heterocycles. The van der Waals surface area contributed by atoms with Gasteiger partial charge in [-0.05, 0) is 61.7 Å². The molecule has 1 N–H and O–H groups in total. The number of nitrogens with one attached hydrogen (secondary N) is 1. The van der Waals surface area contributed by atoms with E-state index < -0.39 is 11.7 Å². The van der Waals surface area contributed by atoms with E-state index in [0.29, 0.717) is 20.3 Å². The highest BCUT2D eigenvalue weighted by Crippen LogP contribution is 2.34. The maximum Gasteiger partial charge on any atom is 0.417 e. The van der Waals surface area contributed by atoms with Crippen molar-refractivity contribution in [3.63, 3.8) is 0 Å². The predicted molar refractivity (Wildman–Crippen MR) is 96.6 cm³/mol. The van der Waals surface area contributed by atoms with E-state index in [0.717, 1.165) is 12.3 Å². The van der Waals surface area contributed by atoms with Gasteiger partial charge in [-0.15, -0.1) is 6.42 Å². The minimum Gasteiger partial charge on any atom is -0.479 e. The van der Waals surface area contributed by atoms with Gasteiger partial charge in [0.2, 0.25) is 0 Å². The molecule has 0 unspecified atom stereocenters. The number of anilines is 1. The third-order valence-electron chi connectivity index (χ3n) is 2.80. The van der Waals surface area contributed by atoms with Crippen molar-refractivity contribution in [3.05, 3.63) is 50.5 Å². The lowest BCUT2D eigenvalue weighted by Crippen LogP contribution is -2.05. The van der Waals surface area contributed by atoms with Crippen LogP contribution in [0.15, 0.2) is 44.5 Å². The van der Waals surface area contributed by atoms with Crippen LogP contribution < -0.4 is 10.2 Å². The van der Waals surface area contributed by atoms with Crippen molar-refractivity contribution in [1.29, 1.82) is 0 Å². The van der Waals surface area contributed by atoms with E-state index in [9.17, 15) is 13.2 Å². The minimum absolute atomic E-state index is 0.131. The highest BCUT2D eigenvalue weighted by Gasteiger charge is 2.30. The first kappa shape index (κ1) is 19.3. The number of benzene rings is 1. The first-order chi connectivity index (χ1) is 11.8. The van der Waals surface area contributed by atoms with Gasteiger partial charge >= 0.3 is 6.18 Å². The number of rotatable bonds is 5. The second-order valence-corrected chi connectivity index (χ2v) is 6.32. The number of alkyl halides is 3. The van der Waals surface area contributed by atoms with E-state index in [1.54, 1.807) is 12.1 Å². The van der Waals surface area contributed by atoms with E-state index in [1.807, 2.05) is 0 Å². The van der Waals surface area contributed by atoms with E-state index in [1.165, 1.54) is 12.3 Å². The maximum absolute atomic E-state index is 12.5. The van der Waals surface area contributed by atoms with Crippen LogP contribution in [0.4, 0.5) is 19.0 Å². The van der Waals surface area contributed by atoms with Crippen molar-refractivity contribution in [3.8, 4) is 18.1 Å². The maximum atomic E-state index is 12.5. The Morgan fingerprint density at radius 3 is 2.48 bits per heavy atom. The summed E-state index contributed by atoms with van der Waals surface area (Å²) in [7, 11) is 0. The van der Waals surface area contributed by atoms with E-state index in [-0.39, 0.29) is 12.4 Å². The Morgan fingerprint density at radius 1 is 1.28 bits per heavy atom. The number of terminal acetylenes is 1. The van der Waals surface area contributed by atoms with Crippen molar-refractivity contribution in [2.45, 2.75) is 6.18 Å². The van der Waals surface area contributed by atoms with E-state index in [4.69, 9.17) is 11.2 Å². The Kier molecular flexibility index (Phi) is 6.45. The molecule has 0 atom stereocenters. The molecule has 2 aromatic rings. The van der Waals surface area contributed by atoms with Crippen LogP contribution >= 0.6 is 31.9 Å². The summed E-state index contributed by atoms with van der Waals surface area (Å²) in [5, 5.41) is 3.94. The zero-order chi connectivity index (χ0) is 18.4. The number of halogens is 5. The molecule has 9 heteroatoms. The average molecular weight is 477 g/mol.